The third-order valence-electron chi connectivity index (χ3n) is 2.32. The number of amides is 1. The molecule has 84 valence electrons. The maximum absolute atomic E-state index is 11.7. The van der Waals surface area contributed by atoms with Gasteiger partial charge in [-0.05, 0) is 19.4 Å². The van der Waals surface area contributed by atoms with Gasteiger partial charge >= 0.3 is 0 Å². The lowest BCUT2D eigenvalue weighted by atomic mass is 9.96. The third-order valence-corrected chi connectivity index (χ3v) is 2.32. The first-order valence-electron chi connectivity index (χ1n) is 5.14. The third kappa shape index (κ3) is 3.40. The van der Waals surface area contributed by atoms with Crippen molar-refractivity contribution in [1.29, 1.82) is 0 Å². The van der Waals surface area contributed by atoms with E-state index in [-0.39, 0.29) is 5.91 Å². The molecule has 0 radical (unpaired) electrons. The van der Waals surface area contributed by atoms with Crippen LogP contribution in [0.1, 0.15) is 32.3 Å². The zero-order valence-corrected chi connectivity index (χ0v) is 9.25. The number of nitrogens with one attached hydrogen (secondary N) is 1. The summed E-state index contributed by atoms with van der Waals surface area (Å²) < 4.78 is 4.90. The Labute approximate surface area is 89.8 Å². The van der Waals surface area contributed by atoms with E-state index in [2.05, 4.69) is 5.32 Å². The highest BCUT2D eigenvalue weighted by atomic mass is 16.3. The molecule has 0 aromatic carbocycles. The van der Waals surface area contributed by atoms with E-state index in [1.165, 1.54) is 0 Å². The molecule has 0 spiro atoms. The zero-order valence-electron chi connectivity index (χ0n) is 9.25. The predicted octanol–water partition coefficient (Wildman–Crippen LogP) is 1.41. The molecule has 1 heterocycles. The van der Waals surface area contributed by atoms with Gasteiger partial charge in [0.25, 0.3) is 0 Å². The summed E-state index contributed by atoms with van der Waals surface area (Å²) in [6, 6.07) is 1.81. The van der Waals surface area contributed by atoms with Crippen LogP contribution in [0, 0.1) is 0 Å². The van der Waals surface area contributed by atoms with Crippen molar-refractivity contribution in [3.8, 4) is 0 Å². The molecule has 0 aliphatic heterocycles. The molecule has 3 N–H and O–H groups in total. The van der Waals surface area contributed by atoms with Gasteiger partial charge in [-0.25, -0.2) is 0 Å². The molecule has 4 nitrogen and oxygen atoms in total. The van der Waals surface area contributed by atoms with Crippen molar-refractivity contribution >= 4 is 5.91 Å². The SMILES string of the molecule is CCCC(C)(N)C(=O)NCc1ccoc1. The Morgan fingerprint density at radius 3 is 2.93 bits per heavy atom. The molecule has 1 unspecified atom stereocenters. The van der Waals surface area contributed by atoms with Crippen LogP contribution in [0.2, 0.25) is 0 Å². The standard InChI is InChI=1S/C11H18N2O2/c1-3-5-11(2,12)10(14)13-7-9-4-6-15-8-9/h4,6,8H,3,5,7,12H2,1-2H3,(H,13,14). The first-order valence-corrected chi connectivity index (χ1v) is 5.14. The van der Waals surface area contributed by atoms with Gasteiger partial charge in [0.1, 0.15) is 0 Å². The number of carbonyl (C=O) groups is 1. The molecular formula is C11H18N2O2. The van der Waals surface area contributed by atoms with E-state index < -0.39 is 5.54 Å². The molecule has 1 aromatic heterocycles. The van der Waals surface area contributed by atoms with Crippen LogP contribution in [-0.4, -0.2) is 11.4 Å². The van der Waals surface area contributed by atoms with Gasteiger partial charge in [-0.15, -0.1) is 0 Å². The van der Waals surface area contributed by atoms with Crippen LogP contribution in [0.3, 0.4) is 0 Å². The number of carbonyl (C=O) groups excluding carboxylic acids is 1. The zero-order chi connectivity index (χ0) is 11.3. The topological polar surface area (TPSA) is 68.3 Å². The van der Waals surface area contributed by atoms with E-state index in [0.29, 0.717) is 13.0 Å². The summed E-state index contributed by atoms with van der Waals surface area (Å²) in [5, 5.41) is 2.79. The van der Waals surface area contributed by atoms with Crippen LogP contribution in [0.5, 0.6) is 0 Å². The summed E-state index contributed by atoms with van der Waals surface area (Å²) in [5.41, 5.74) is 6.04. The first kappa shape index (κ1) is 11.8. The number of hydrogen-bond donors (Lipinski definition) is 2. The summed E-state index contributed by atoms with van der Waals surface area (Å²) >= 11 is 0. The lowest BCUT2D eigenvalue weighted by Gasteiger charge is -2.22. The molecule has 15 heavy (non-hydrogen) atoms. The van der Waals surface area contributed by atoms with Gasteiger partial charge in [0.05, 0.1) is 18.1 Å². The molecule has 0 bridgehead atoms. The molecule has 1 amide bonds. The molecular weight excluding hydrogens is 192 g/mol. The highest BCUT2D eigenvalue weighted by Gasteiger charge is 2.26. The highest BCUT2D eigenvalue weighted by Crippen LogP contribution is 2.09. The van der Waals surface area contributed by atoms with E-state index >= 15 is 0 Å². The van der Waals surface area contributed by atoms with Crippen molar-refractivity contribution in [2.45, 2.75) is 38.8 Å². The fraction of sp³-hybridized carbons (Fsp3) is 0.545. The molecule has 0 fully saturated rings. The average molecular weight is 210 g/mol. The minimum absolute atomic E-state index is 0.120. The predicted molar refractivity (Wildman–Crippen MR) is 58.1 cm³/mol. The highest BCUT2D eigenvalue weighted by molar-refractivity contribution is 5.85. The Morgan fingerprint density at radius 1 is 1.67 bits per heavy atom. The van der Waals surface area contributed by atoms with Crippen LogP contribution in [0.25, 0.3) is 0 Å². The summed E-state index contributed by atoms with van der Waals surface area (Å²) in [6.07, 6.45) is 4.76. The maximum atomic E-state index is 11.7. The first-order chi connectivity index (χ1) is 7.06. The largest absolute Gasteiger partial charge is 0.472 e. The normalized spacial score (nSPS) is 14.6. The Kier molecular flexibility index (Phi) is 3.91. The summed E-state index contributed by atoms with van der Waals surface area (Å²) in [7, 11) is 0. The Bertz CT molecular complexity index is 304. The number of furan rings is 1. The van der Waals surface area contributed by atoms with Crippen LogP contribution < -0.4 is 11.1 Å². The Balaban J connectivity index is 2.42. The van der Waals surface area contributed by atoms with Crippen LogP contribution in [-0.2, 0) is 11.3 Å². The average Bonchev–Trinajstić information content (AvgIpc) is 2.66. The smallest absolute Gasteiger partial charge is 0.240 e. The van der Waals surface area contributed by atoms with Gasteiger partial charge < -0.3 is 15.5 Å². The number of hydrogen-bond acceptors (Lipinski definition) is 3. The lowest BCUT2D eigenvalue weighted by Crippen LogP contribution is -2.51. The van der Waals surface area contributed by atoms with Gasteiger partial charge in [-0.1, -0.05) is 13.3 Å². The van der Waals surface area contributed by atoms with Gasteiger partial charge in [0.2, 0.25) is 5.91 Å². The summed E-state index contributed by atoms with van der Waals surface area (Å²) in [4.78, 5) is 11.7. The maximum Gasteiger partial charge on any atom is 0.240 e. The van der Waals surface area contributed by atoms with Crippen molar-refractivity contribution in [1.82, 2.24) is 5.32 Å². The molecule has 1 atom stereocenters. The fourth-order valence-electron chi connectivity index (χ4n) is 1.41. The summed E-state index contributed by atoms with van der Waals surface area (Å²) in [5.74, 6) is -0.120. The van der Waals surface area contributed by atoms with Crippen molar-refractivity contribution in [2.75, 3.05) is 0 Å². The van der Waals surface area contributed by atoms with Crippen molar-refractivity contribution < 1.29 is 9.21 Å². The van der Waals surface area contributed by atoms with Gasteiger partial charge in [-0.2, -0.15) is 0 Å². The molecule has 0 saturated heterocycles. The van der Waals surface area contributed by atoms with Crippen molar-refractivity contribution in [3.63, 3.8) is 0 Å². The molecule has 1 aromatic rings. The van der Waals surface area contributed by atoms with Crippen molar-refractivity contribution in [2.24, 2.45) is 5.73 Å². The van der Waals surface area contributed by atoms with Crippen molar-refractivity contribution in [3.05, 3.63) is 24.2 Å². The van der Waals surface area contributed by atoms with E-state index in [4.69, 9.17) is 10.2 Å². The van der Waals surface area contributed by atoms with Gasteiger partial charge in [0.15, 0.2) is 0 Å². The second kappa shape index (κ2) is 4.98. The number of nitrogens with two attached hydrogens (primary N) is 1. The Morgan fingerprint density at radius 2 is 2.40 bits per heavy atom. The van der Waals surface area contributed by atoms with Gasteiger partial charge in [0, 0.05) is 12.1 Å². The monoisotopic (exact) mass is 210 g/mol. The second-order valence-corrected chi connectivity index (χ2v) is 3.98. The van der Waals surface area contributed by atoms with Gasteiger partial charge in [-0.3, -0.25) is 4.79 Å². The second-order valence-electron chi connectivity index (χ2n) is 3.98. The number of rotatable bonds is 5. The van der Waals surface area contributed by atoms with E-state index in [1.54, 1.807) is 19.5 Å². The molecule has 4 heteroatoms. The molecule has 0 aliphatic carbocycles. The van der Waals surface area contributed by atoms with Crippen LogP contribution >= 0.6 is 0 Å². The van der Waals surface area contributed by atoms with E-state index in [0.717, 1.165) is 12.0 Å². The van der Waals surface area contributed by atoms with E-state index in [1.807, 2.05) is 13.0 Å². The molecule has 1 rings (SSSR count). The van der Waals surface area contributed by atoms with Crippen LogP contribution in [0.4, 0.5) is 0 Å². The minimum atomic E-state index is -0.779. The lowest BCUT2D eigenvalue weighted by molar-refractivity contribution is -0.126. The molecule has 0 saturated carbocycles. The Hall–Kier alpha value is -1.29. The quantitative estimate of drug-likeness (QED) is 0.772. The summed E-state index contributed by atoms with van der Waals surface area (Å²) in [6.45, 7) is 4.22. The van der Waals surface area contributed by atoms with Crippen LogP contribution in [0.15, 0.2) is 23.0 Å². The fourth-order valence-corrected chi connectivity index (χ4v) is 1.41. The van der Waals surface area contributed by atoms with E-state index in [9.17, 15) is 4.79 Å². The minimum Gasteiger partial charge on any atom is -0.472 e. The molecule has 0 aliphatic rings.